The summed E-state index contributed by atoms with van der Waals surface area (Å²) in [6.07, 6.45) is 0.257. The molecule has 1 N–H and O–H groups in total. The van der Waals surface area contributed by atoms with E-state index in [1.165, 1.54) is 0 Å². The Labute approximate surface area is 91.9 Å². The zero-order valence-electron chi connectivity index (χ0n) is 9.94. The number of carboxylic acids is 1. The van der Waals surface area contributed by atoms with Crippen molar-refractivity contribution in [2.75, 3.05) is 33.2 Å². The molecular weight excluding hydrogens is 192 g/mol. The molecule has 4 heteroatoms. The van der Waals surface area contributed by atoms with Crippen LogP contribution in [0.15, 0.2) is 0 Å². The number of aliphatic carboxylic acids is 1. The van der Waals surface area contributed by atoms with Gasteiger partial charge in [-0.2, -0.15) is 0 Å². The minimum Gasteiger partial charge on any atom is -0.481 e. The molecule has 4 nitrogen and oxygen atoms in total. The molecule has 0 amide bonds. The summed E-state index contributed by atoms with van der Waals surface area (Å²) in [7, 11) is 2.13. The van der Waals surface area contributed by atoms with Crippen molar-refractivity contribution in [1.29, 1.82) is 0 Å². The third-order valence-corrected chi connectivity index (χ3v) is 3.12. The summed E-state index contributed by atoms with van der Waals surface area (Å²) in [5.41, 5.74) is 0. The molecule has 1 unspecified atom stereocenters. The largest absolute Gasteiger partial charge is 0.481 e. The van der Waals surface area contributed by atoms with E-state index in [-0.39, 0.29) is 6.42 Å². The van der Waals surface area contributed by atoms with E-state index >= 15 is 0 Å². The Morgan fingerprint density at radius 2 is 2.13 bits per heavy atom. The topological polar surface area (TPSA) is 43.8 Å². The van der Waals surface area contributed by atoms with Gasteiger partial charge in [-0.1, -0.05) is 13.8 Å². The van der Waals surface area contributed by atoms with Crippen LogP contribution in [-0.2, 0) is 4.79 Å². The lowest BCUT2D eigenvalue weighted by Crippen LogP contribution is -2.54. The van der Waals surface area contributed by atoms with Crippen molar-refractivity contribution in [2.45, 2.75) is 26.3 Å². The number of hydrogen-bond donors (Lipinski definition) is 1. The summed E-state index contributed by atoms with van der Waals surface area (Å²) in [6.45, 7) is 8.19. The predicted molar refractivity (Wildman–Crippen MR) is 59.9 cm³/mol. The standard InChI is InChI=1S/C11H22N2O2/c1-9(2)10-8-12(3)6-7-13(10)5-4-11(14)15/h9-10H,4-8H2,1-3H3,(H,14,15). The maximum absolute atomic E-state index is 10.5. The van der Waals surface area contributed by atoms with Crippen LogP contribution < -0.4 is 0 Å². The molecule has 1 aliphatic rings. The van der Waals surface area contributed by atoms with Gasteiger partial charge in [-0.05, 0) is 13.0 Å². The Bertz CT molecular complexity index is 219. The highest BCUT2D eigenvalue weighted by atomic mass is 16.4. The average Bonchev–Trinajstić information content (AvgIpc) is 2.15. The lowest BCUT2D eigenvalue weighted by molar-refractivity contribution is -0.137. The van der Waals surface area contributed by atoms with Gasteiger partial charge in [0.2, 0.25) is 0 Å². The molecule has 0 aromatic rings. The van der Waals surface area contributed by atoms with Gasteiger partial charge < -0.3 is 10.0 Å². The molecule has 0 spiro atoms. The van der Waals surface area contributed by atoms with Gasteiger partial charge in [-0.25, -0.2) is 0 Å². The first-order chi connectivity index (χ1) is 7.00. The van der Waals surface area contributed by atoms with Crippen LogP contribution in [0.3, 0.4) is 0 Å². The molecule has 0 bridgehead atoms. The molecule has 1 aliphatic heterocycles. The van der Waals surface area contributed by atoms with Crippen LogP contribution >= 0.6 is 0 Å². The van der Waals surface area contributed by atoms with Crippen molar-refractivity contribution in [3.8, 4) is 0 Å². The number of carboxylic acid groups (broad SMARTS) is 1. The van der Waals surface area contributed by atoms with Crippen LogP contribution in [0.4, 0.5) is 0 Å². The maximum atomic E-state index is 10.5. The Morgan fingerprint density at radius 3 is 2.67 bits per heavy atom. The summed E-state index contributed by atoms with van der Waals surface area (Å²) < 4.78 is 0. The Kier molecular flexibility index (Phi) is 4.54. The predicted octanol–water partition coefficient (Wildman–Crippen LogP) is 0.733. The molecule has 0 aliphatic carbocycles. The summed E-state index contributed by atoms with van der Waals surface area (Å²) in [5, 5.41) is 8.68. The molecule has 0 saturated carbocycles. The van der Waals surface area contributed by atoms with Gasteiger partial charge in [0.1, 0.15) is 0 Å². The first-order valence-electron chi connectivity index (χ1n) is 5.65. The fourth-order valence-corrected chi connectivity index (χ4v) is 2.14. The van der Waals surface area contributed by atoms with E-state index in [1.54, 1.807) is 0 Å². The third-order valence-electron chi connectivity index (χ3n) is 3.12. The molecule has 1 fully saturated rings. The molecule has 88 valence electrons. The number of piperazine rings is 1. The summed E-state index contributed by atoms with van der Waals surface area (Å²) in [4.78, 5) is 15.2. The number of likely N-dealkylation sites (N-methyl/N-ethyl adjacent to an activating group) is 1. The molecule has 1 rings (SSSR count). The van der Waals surface area contributed by atoms with E-state index < -0.39 is 5.97 Å². The monoisotopic (exact) mass is 214 g/mol. The van der Waals surface area contributed by atoms with Gasteiger partial charge >= 0.3 is 5.97 Å². The molecule has 0 radical (unpaired) electrons. The minimum absolute atomic E-state index is 0.257. The van der Waals surface area contributed by atoms with Gasteiger partial charge in [-0.3, -0.25) is 9.69 Å². The third kappa shape index (κ3) is 3.80. The smallest absolute Gasteiger partial charge is 0.304 e. The van der Waals surface area contributed by atoms with E-state index in [1.807, 2.05) is 0 Å². The first kappa shape index (κ1) is 12.5. The fourth-order valence-electron chi connectivity index (χ4n) is 2.14. The lowest BCUT2D eigenvalue weighted by atomic mass is 9.99. The average molecular weight is 214 g/mol. The summed E-state index contributed by atoms with van der Waals surface area (Å²) in [6, 6.07) is 0.503. The Hall–Kier alpha value is -0.610. The Balaban J connectivity index is 2.48. The van der Waals surface area contributed by atoms with Gasteiger partial charge in [0.25, 0.3) is 0 Å². The van der Waals surface area contributed by atoms with Gasteiger partial charge in [0.15, 0.2) is 0 Å². The van der Waals surface area contributed by atoms with Crippen molar-refractivity contribution in [3.05, 3.63) is 0 Å². The maximum Gasteiger partial charge on any atom is 0.304 e. The van der Waals surface area contributed by atoms with E-state index in [0.29, 0.717) is 18.5 Å². The first-order valence-corrected chi connectivity index (χ1v) is 5.65. The second kappa shape index (κ2) is 5.47. The molecule has 1 saturated heterocycles. The van der Waals surface area contributed by atoms with Gasteiger partial charge in [-0.15, -0.1) is 0 Å². The van der Waals surface area contributed by atoms with Crippen LogP contribution in [0.5, 0.6) is 0 Å². The normalized spacial score (nSPS) is 24.7. The van der Waals surface area contributed by atoms with E-state index in [0.717, 1.165) is 19.6 Å². The van der Waals surface area contributed by atoms with Crippen molar-refractivity contribution in [1.82, 2.24) is 9.80 Å². The molecular formula is C11H22N2O2. The highest BCUT2D eigenvalue weighted by molar-refractivity contribution is 5.66. The van der Waals surface area contributed by atoms with Crippen molar-refractivity contribution in [3.63, 3.8) is 0 Å². The second-order valence-electron chi connectivity index (χ2n) is 4.75. The number of hydrogen-bond acceptors (Lipinski definition) is 3. The van der Waals surface area contributed by atoms with Gasteiger partial charge in [0, 0.05) is 32.2 Å². The molecule has 15 heavy (non-hydrogen) atoms. The van der Waals surface area contributed by atoms with Gasteiger partial charge in [0.05, 0.1) is 6.42 Å². The van der Waals surface area contributed by atoms with Crippen molar-refractivity contribution in [2.24, 2.45) is 5.92 Å². The quantitative estimate of drug-likeness (QED) is 0.749. The van der Waals surface area contributed by atoms with Crippen molar-refractivity contribution >= 4 is 5.97 Å². The lowest BCUT2D eigenvalue weighted by Gasteiger charge is -2.42. The van der Waals surface area contributed by atoms with Crippen LogP contribution in [0.2, 0.25) is 0 Å². The van der Waals surface area contributed by atoms with E-state index in [9.17, 15) is 4.79 Å². The summed E-state index contributed by atoms with van der Waals surface area (Å²) in [5.74, 6) is -0.113. The minimum atomic E-state index is -0.698. The zero-order valence-corrected chi connectivity index (χ0v) is 9.94. The Morgan fingerprint density at radius 1 is 1.47 bits per heavy atom. The zero-order chi connectivity index (χ0) is 11.4. The fraction of sp³-hybridized carbons (Fsp3) is 0.909. The van der Waals surface area contributed by atoms with Crippen LogP contribution in [0, 0.1) is 5.92 Å². The second-order valence-corrected chi connectivity index (χ2v) is 4.75. The number of nitrogens with zero attached hydrogens (tertiary/aromatic N) is 2. The highest BCUT2D eigenvalue weighted by Gasteiger charge is 2.27. The van der Waals surface area contributed by atoms with E-state index in [4.69, 9.17) is 5.11 Å². The highest BCUT2D eigenvalue weighted by Crippen LogP contribution is 2.16. The summed E-state index contributed by atoms with van der Waals surface area (Å²) >= 11 is 0. The van der Waals surface area contributed by atoms with Crippen LogP contribution in [0.25, 0.3) is 0 Å². The van der Waals surface area contributed by atoms with Crippen LogP contribution in [-0.4, -0.2) is 60.1 Å². The SMILES string of the molecule is CC(C)C1CN(C)CCN1CCC(=O)O. The molecule has 1 heterocycles. The molecule has 0 aromatic heterocycles. The van der Waals surface area contributed by atoms with E-state index in [2.05, 4.69) is 30.7 Å². The molecule has 1 atom stereocenters. The number of carbonyl (C=O) groups is 1. The number of rotatable bonds is 4. The van der Waals surface area contributed by atoms with Crippen molar-refractivity contribution < 1.29 is 9.90 Å². The van der Waals surface area contributed by atoms with Crippen LogP contribution in [0.1, 0.15) is 20.3 Å². The molecule has 0 aromatic carbocycles.